The molecule has 0 unspecified atom stereocenters. The van der Waals surface area contributed by atoms with Crippen LogP contribution in [0.2, 0.25) is 0 Å². The highest BCUT2D eigenvalue weighted by atomic mass is 16.5. The van der Waals surface area contributed by atoms with Crippen LogP contribution in [0.3, 0.4) is 0 Å². The minimum atomic E-state index is -0.639. The normalized spacial score (nSPS) is 11.3. The van der Waals surface area contributed by atoms with E-state index < -0.39 is 5.97 Å². The number of aromatic nitrogens is 4. The lowest BCUT2D eigenvalue weighted by Gasteiger charge is -2.02. The molecule has 26 heavy (non-hydrogen) atoms. The Morgan fingerprint density at radius 3 is 2.92 bits per heavy atom. The van der Waals surface area contributed by atoms with Crippen molar-refractivity contribution in [3.8, 4) is 0 Å². The molecule has 0 fully saturated rings. The van der Waals surface area contributed by atoms with E-state index in [1.807, 2.05) is 29.7 Å². The van der Waals surface area contributed by atoms with E-state index in [1.54, 1.807) is 20.2 Å². The molecule has 0 aliphatic heterocycles. The van der Waals surface area contributed by atoms with Gasteiger partial charge in [-0.3, -0.25) is 4.79 Å². The van der Waals surface area contributed by atoms with Gasteiger partial charge in [0.2, 0.25) is 5.71 Å². The van der Waals surface area contributed by atoms with Gasteiger partial charge in [0.05, 0.1) is 5.69 Å². The molecule has 8 heteroatoms. The minimum Gasteiger partial charge on any atom is -0.455 e. The maximum atomic E-state index is 12.6. The highest BCUT2D eigenvalue weighted by molar-refractivity contribution is 6.03. The summed E-state index contributed by atoms with van der Waals surface area (Å²) in [4.78, 5) is 33.4. The lowest BCUT2D eigenvalue weighted by atomic mass is 10.2. The number of rotatable bonds is 3. The summed E-state index contributed by atoms with van der Waals surface area (Å²) in [5, 5.41) is 0.128. The third-order valence-corrected chi connectivity index (χ3v) is 4.23. The average Bonchev–Trinajstić information content (AvgIpc) is 3.18. The average molecular weight is 352 g/mol. The number of imidazole rings is 1. The molecule has 0 amide bonds. The molecule has 4 rings (SSSR count). The molecule has 0 atom stereocenters. The van der Waals surface area contributed by atoms with Crippen LogP contribution < -0.4 is 5.56 Å². The van der Waals surface area contributed by atoms with Gasteiger partial charge in [-0.15, -0.1) is 0 Å². The Bertz CT molecular complexity index is 1220. The predicted molar refractivity (Wildman–Crippen MR) is 93.0 cm³/mol. The van der Waals surface area contributed by atoms with Crippen LogP contribution in [-0.2, 0) is 18.4 Å². The van der Waals surface area contributed by atoms with Gasteiger partial charge in [-0.05, 0) is 25.5 Å². The predicted octanol–water partition coefficient (Wildman–Crippen LogP) is 2.15. The van der Waals surface area contributed by atoms with Crippen molar-refractivity contribution in [2.75, 3.05) is 0 Å². The van der Waals surface area contributed by atoms with E-state index >= 15 is 0 Å². The Balaban J connectivity index is 1.65. The highest BCUT2D eigenvalue weighted by Crippen LogP contribution is 2.22. The zero-order valence-electron chi connectivity index (χ0n) is 14.5. The van der Waals surface area contributed by atoms with Crippen molar-refractivity contribution in [3.05, 3.63) is 63.8 Å². The fraction of sp³-hybridized carbons (Fsp3) is 0.222. The molecular weight excluding hydrogens is 336 g/mol. The van der Waals surface area contributed by atoms with E-state index in [0.717, 1.165) is 11.2 Å². The van der Waals surface area contributed by atoms with E-state index in [9.17, 15) is 9.59 Å². The first-order valence-electron chi connectivity index (χ1n) is 8.00. The number of carbonyl (C=O) groups is 1. The van der Waals surface area contributed by atoms with Crippen LogP contribution in [0.25, 0.3) is 16.7 Å². The number of pyridine rings is 1. The van der Waals surface area contributed by atoms with Gasteiger partial charge in [-0.2, -0.15) is 0 Å². The maximum absolute atomic E-state index is 12.6. The first-order chi connectivity index (χ1) is 12.5. The van der Waals surface area contributed by atoms with Crippen molar-refractivity contribution in [1.82, 2.24) is 18.9 Å². The number of aryl methyl sites for hydroxylation is 3. The smallest absolute Gasteiger partial charge is 0.343 e. The SMILES string of the molecule is Cc1oc2ncn(C)c(=O)c2c1C(=O)OCc1cn2cccc(C)c2n1. The van der Waals surface area contributed by atoms with Crippen molar-refractivity contribution < 1.29 is 13.9 Å². The molecule has 4 aromatic heterocycles. The van der Waals surface area contributed by atoms with Crippen LogP contribution >= 0.6 is 0 Å². The minimum absolute atomic E-state index is 0.00730. The Morgan fingerprint density at radius 1 is 1.35 bits per heavy atom. The van der Waals surface area contributed by atoms with Crippen LogP contribution in [-0.4, -0.2) is 24.9 Å². The molecule has 0 N–H and O–H groups in total. The molecule has 0 aliphatic carbocycles. The molecule has 4 aromatic rings. The first-order valence-corrected chi connectivity index (χ1v) is 8.00. The van der Waals surface area contributed by atoms with Gasteiger partial charge in [0.25, 0.3) is 5.56 Å². The monoisotopic (exact) mass is 352 g/mol. The van der Waals surface area contributed by atoms with Crippen LogP contribution in [0.4, 0.5) is 0 Å². The van der Waals surface area contributed by atoms with Gasteiger partial charge < -0.3 is 18.1 Å². The summed E-state index contributed by atoms with van der Waals surface area (Å²) in [7, 11) is 1.56. The van der Waals surface area contributed by atoms with Gasteiger partial charge in [0, 0.05) is 19.4 Å². The zero-order valence-corrected chi connectivity index (χ0v) is 14.5. The van der Waals surface area contributed by atoms with Gasteiger partial charge in [-0.1, -0.05) is 6.07 Å². The van der Waals surface area contributed by atoms with E-state index in [4.69, 9.17) is 9.15 Å². The van der Waals surface area contributed by atoms with Crippen molar-refractivity contribution in [1.29, 1.82) is 0 Å². The summed E-state index contributed by atoms with van der Waals surface area (Å²) in [5.74, 6) is -0.341. The van der Waals surface area contributed by atoms with Crippen molar-refractivity contribution >= 4 is 22.7 Å². The summed E-state index contributed by atoms with van der Waals surface area (Å²) < 4.78 is 14.0. The molecule has 0 bridgehead atoms. The molecular formula is C18H16N4O4. The van der Waals surface area contributed by atoms with E-state index in [1.165, 1.54) is 10.9 Å². The van der Waals surface area contributed by atoms with Crippen molar-refractivity contribution in [3.63, 3.8) is 0 Å². The quantitative estimate of drug-likeness (QED) is 0.525. The van der Waals surface area contributed by atoms with E-state index in [2.05, 4.69) is 9.97 Å². The fourth-order valence-corrected chi connectivity index (χ4v) is 2.92. The number of furan rings is 1. The van der Waals surface area contributed by atoms with Crippen LogP contribution in [0, 0.1) is 13.8 Å². The number of carbonyl (C=O) groups excluding carboxylic acids is 1. The Kier molecular flexibility index (Phi) is 3.61. The zero-order chi connectivity index (χ0) is 18.4. The van der Waals surface area contributed by atoms with Crippen molar-refractivity contribution in [2.45, 2.75) is 20.5 Å². The summed E-state index contributed by atoms with van der Waals surface area (Å²) in [6, 6.07) is 3.88. The molecule has 0 saturated carbocycles. The summed E-state index contributed by atoms with van der Waals surface area (Å²) in [6.07, 6.45) is 5.03. The van der Waals surface area contributed by atoms with E-state index in [0.29, 0.717) is 11.5 Å². The lowest BCUT2D eigenvalue weighted by Crippen LogP contribution is -2.19. The highest BCUT2D eigenvalue weighted by Gasteiger charge is 2.24. The van der Waals surface area contributed by atoms with Crippen LogP contribution in [0.15, 0.2) is 40.1 Å². The number of esters is 1. The lowest BCUT2D eigenvalue weighted by molar-refractivity contribution is 0.0468. The molecule has 0 saturated heterocycles. The molecule has 0 aromatic carbocycles. The Morgan fingerprint density at radius 2 is 2.15 bits per heavy atom. The first kappa shape index (κ1) is 16.1. The molecule has 0 spiro atoms. The van der Waals surface area contributed by atoms with Gasteiger partial charge in [0.15, 0.2) is 0 Å². The largest absolute Gasteiger partial charge is 0.455 e. The second kappa shape index (κ2) is 5.83. The maximum Gasteiger partial charge on any atom is 0.343 e. The fourth-order valence-electron chi connectivity index (χ4n) is 2.92. The second-order valence-electron chi connectivity index (χ2n) is 6.10. The van der Waals surface area contributed by atoms with Crippen LogP contribution in [0.1, 0.15) is 27.4 Å². The number of hydrogen-bond acceptors (Lipinski definition) is 6. The number of nitrogens with zero attached hydrogens (tertiary/aromatic N) is 4. The second-order valence-corrected chi connectivity index (χ2v) is 6.10. The standard InChI is InChI=1S/C18H16N4O4/c1-10-5-4-6-22-7-12(20-15(10)22)8-25-18(24)13-11(2)26-16-14(13)17(23)21(3)9-19-16/h4-7,9H,8H2,1-3H3. The summed E-state index contributed by atoms with van der Waals surface area (Å²) in [6.45, 7) is 3.56. The van der Waals surface area contributed by atoms with Crippen molar-refractivity contribution in [2.24, 2.45) is 7.05 Å². The third kappa shape index (κ3) is 2.46. The summed E-state index contributed by atoms with van der Waals surface area (Å²) in [5.41, 5.74) is 2.32. The van der Waals surface area contributed by atoms with Crippen LogP contribution in [0.5, 0.6) is 0 Å². The van der Waals surface area contributed by atoms with Gasteiger partial charge in [0.1, 0.15) is 35.3 Å². The molecule has 132 valence electrons. The van der Waals surface area contributed by atoms with Gasteiger partial charge in [-0.25, -0.2) is 14.8 Å². The Labute approximate surface area is 147 Å². The molecule has 8 nitrogen and oxygen atoms in total. The number of hydrogen-bond donors (Lipinski definition) is 0. The topological polar surface area (TPSA) is 91.6 Å². The van der Waals surface area contributed by atoms with Gasteiger partial charge >= 0.3 is 5.97 Å². The Hall–Kier alpha value is -3.42. The number of fused-ring (bicyclic) bond motifs is 2. The third-order valence-electron chi connectivity index (χ3n) is 4.23. The molecule has 0 aliphatic rings. The number of ether oxygens (including phenoxy) is 1. The molecule has 0 radical (unpaired) electrons. The molecule has 4 heterocycles. The van der Waals surface area contributed by atoms with E-state index in [-0.39, 0.29) is 28.8 Å². The summed E-state index contributed by atoms with van der Waals surface area (Å²) >= 11 is 0.